The van der Waals surface area contributed by atoms with Crippen molar-refractivity contribution in [2.45, 2.75) is 13.8 Å². The molecular formula is C10H15NO2. The second-order valence-corrected chi connectivity index (χ2v) is 2.67. The summed E-state index contributed by atoms with van der Waals surface area (Å²) in [4.78, 5) is 11.4. The SMILES string of the molecule is CCNC(=O)c1ccccc1C.O. The van der Waals surface area contributed by atoms with Crippen molar-refractivity contribution >= 4 is 5.91 Å². The highest BCUT2D eigenvalue weighted by Gasteiger charge is 2.04. The Hall–Kier alpha value is -1.35. The predicted octanol–water partition coefficient (Wildman–Crippen LogP) is 0.920. The number of hydrogen-bond acceptors (Lipinski definition) is 1. The van der Waals surface area contributed by atoms with Gasteiger partial charge in [-0.25, -0.2) is 0 Å². The van der Waals surface area contributed by atoms with Crippen LogP contribution in [0.1, 0.15) is 22.8 Å². The Morgan fingerprint density at radius 3 is 2.54 bits per heavy atom. The van der Waals surface area contributed by atoms with E-state index in [1.165, 1.54) is 0 Å². The molecular weight excluding hydrogens is 166 g/mol. The van der Waals surface area contributed by atoms with E-state index in [4.69, 9.17) is 0 Å². The Morgan fingerprint density at radius 1 is 1.38 bits per heavy atom. The zero-order chi connectivity index (χ0) is 8.97. The van der Waals surface area contributed by atoms with Crippen molar-refractivity contribution in [1.82, 2.24) is 5.32 Å². The van der Waals surface area contributed by atoms with Crippen LogP contribution in [0.2, 0.25) is 0 Å². The summed E-state index contributed by atoms with van der Waals surface area (Å²) < 4.78 is 0. The van der Waals surface area contributed by atoms with E-state index < -0.39 is 0 Å². The molecule has 0 spiro atoms. The van der Waals surface area contributed by atoms with Crippen molar-refractivity contribution < 1.29 is 10.3 Å². The molecule has 0 aliphatic rings. The first-order valence-electron chi connectivity index (χ1n) is 4.09. The van der Waals surface area contributed by atoms with Crippen molar-refractivity contribution in [2.24, 2.45) is 0 Å². The van der Waals surface area contributed by atoms with E-state index in [0.717, 1.165) is 11.1 Å². The Kier molecular flexibility index (Phi) is 4.77. The molecule has 0 bridgehead atoms. The molecule has 3 heteroatoms. The van der Waals surface area contributed by atoms with Gasteiger partial charge in [0.2, 0.25) is 0 Å². The van der Waals surface area contributed by atoms with Crippen molar-refractivity contribution in [1.29, 1.82) is 0 Å². The van der Waals surface area contributed by atoms with Gasteiger partial charge in [0.1, 0.15) is 0 Å². The van der Waals surface area contributed by atoms with Crippen LogP contribution in [0.3, 0.4) is 0 Å². The molecule has 3 N–H and O–H groups in total. The van der Waals surface area contributed by atoms with Gasteiger partial charge in [-0.3, -0.25) is 4.79 Å². The summed E-state index contributed by atoms with van der Waals surface area (Å²) >= 11 is 0. The number of rotatable bonds is 2. The van der Waals surface area contributed by atoms with Crippen LogP contribution < -0.4 is 5.32 Å². The number of hydrogen-bond donors (Lipinski definition) is 1. The fourth-order valence-electron chi connectivity index (χ4n) is 1.08. The van der Waals surface area contributed by atoms with E-state index in [1.807, 2.05) is 38.1 Å². The Balaban J connectivity index is 0.00000144. The minimum atomic E-state index is 0. The van der Waals surface area contributed by atoms with Crippen LogP contribution in [0.25, 0.3) is 0 Å². The zero-order valence-corrected chi connectivity index (χ0v) is 7.92. The first-order chi connectivity index (χ1) is 5.75. The Morgan fingerprint density at radius 2 is 2.00 bits per heavy atom. The van der Waals surface area contributed by atoms with Crippen LogP contribution in [0.15, 0.2) is 24.3 Å². The van der Waals surface area contributed by atoms with Crippen molar-refractivity contribution in [3.8, 4) is 0 Å². The molecule has 0 aliphatic heterocycles. The normalized spacial score (nSPS) is 8.77. The van der Waals surface area contributed by atoms with E-state index in [1.54, 1.807) is 0 Å². The number of carbonyl (C=O) groups excluding carboxylic acids is 1. The number of amides is 1. The summed E-state index contributed by atoms with van der Waals surface area (Å²) in [5.74, 6) is 0.00981. The van der Waals surface area contributed by atoms with Gasteiger partial charge in [-0.2, -0.15) is 0 Å². The lowest BCUT2D eigenvalue weighted by Crippen LogP contribution is -2.23. The van der Waals surface area contributed by atoms with Crippen LogP contribution in [-0.4, -0.2) is 17.9 Å². The molecule has 0 atom stereocenters. The maximum atomic E-state index is 11.4. The summed E-state index contributed by atoms with van der Waals surface area (Å²) in [6.07, 6.45) is 0. The zero-order valence-electron chi connectivity index (χ0n) is 7.92. The van der Waals surface area contributed by atoms with Crippen LogP contribution in [0.4, 0.5) is 0 Å². The minimum absolute atomic E-state index is 0. The van der Waals surface area contributed by atoms with Crippen LogP contribution in [0.5, 0.6) is 0 Å². The second kappa shape index (κ2) is 5.32. The third-order valence-corrected chi connectivity index (χ3v) is 1.73. The molecule has 3 nitrogen and oxygen atoms in total. The third kappa shape index (κ3) is 2.87. The molecule has 0 radical (unpaired) electrons. The van der Waals surface area contributed by atoms with Gasteiger partial charge in [-0.05, 0) is 25.5 Å². The summed E-state index contributed by atoms with van der Waals surface area (Å²) in [5, 5.41) is 2.76. The lowest BCUT2D eigenvalue weighted by Gasteiger charge is -2.04. The predicted molar refractivity (Wildman–Crippen MR) is 52.8 cm³/mol. The maximum Gasteiger partial charge on any atom is 0.251 e. The average Bonchev–Trinajstić information content (AvgIpc) is 2.05. The molecule has 1 aromatic carbocycles. The quantitative estimate of drug-likeness (QED) is 0.724. The molecule has 0 heterocycles. The molecule has 0 aromatic heterocycles. The minimum Gasteiger partial charge on any atom is -0.412 e. The molecule has 0 unspecified atom stereocenters. The molecule has 1 aromatic rings. The van der Waals surface area contributed by atoms with Gasteiger partial charge in [-0.1, -0.05) is 18.2 Å². The smallest absolute Gasteiger partial charge is 0.251 e. The first kappa shape index (κ1) is 11.6. The van der Waals surface area contributed by atoms with Gasteiger partial charge in [0, 0.05) is 12.1 Å². The van der Waals surface area contributed by atoms with Gasteiger partial charge in [0.05, 0.1) is 0 Å². The fourth-order valence-corrected chi connectivity index (χ4v) is 1.08. The standard InChI is InChI=1S/C10H13NO.H2O/c1-3-11-10(12)9-7-5-4-6-8(9)2;/h4-7H,3H2,1-2H3,(H,11,12);1H2. The highest BCUT2D eigenvalue weighted by Crippen LogP contribution is 2.05. The van der Waals surface area contributed by atoms with Crippen molar-refractivity contribution in [3.63, 3.8) is 0 Å². The lowest BCUT2D eigenvalue weighted by atomic mass is 10.1. The average molecular weight is 181 g/mol. The maximum absolute atomic E-state index is 11.4. The van der Waals surface area contributed by atoms with Gasteiger partial charge in [0.15, 0.2) is 0 Å². The summed E-state index contributed by atoms with van der Waals surface area (Å²) in [6.45, 7) is 4.52. The Bertz CT molecular complexity index is 284. The largest absolute Gasteiger partial charge is 0.412 e. The van der Waals surface area contributed by atoms with Gasteiger partial charge >= 0.3 is 0 Å². The summed E-state index contributed by atoms with van der Waals surface area (Å²) in [5.41, 5.74) is 1.78. The van der Waals surface area contributed by atoms with Gasteiger partial charge in [0.25, 0.3) is 5.91 Å². The number of carbonyl (C=O) groups is 1. The highest BCUT2D eigenvalue weighted by atomic mass is 16.1. The molecule has 0 saturated carbocycles. The van der Waals surface area contributed by atoms with E-state index in [0.29, 0.717) is 6.54 Å². The molecule has 1 rings (SSSR count). The molecule has 0 saturated heterocycles. The molecule has 1 amide bonds. The van der Waals surface area contributed by atoms with Crippen LogP contribution in [-0.2, 0) is 0 Å². The van der Waals surface area contributed by atoms with E-state index >= 15 is 0 Å². The monoisotopic (exact) mass is 181 g/mol. The van der Waals surface area contributed by atoms with E-state index in [9.17, 15) is 4.79 Å². The lowest BCUT2D eigenvalue weighted by molar-refractivity contribution is 0.0955. The van der Waals surface area contributed by atoms with Gasteiger partial charge < -0.3 is 10.8 Å². The van der Waals surface area contributed by atoms with Crippen molar-refractivity contribution in [2.75, 3.05) is 6.54 Å². The highest BCUT2D eigenvalue weighted by molar-refractivity contribution is 5.95. The van der Waals surface area contributed by atoms with E-state index in [2.05, 4.69) is 5.32 Å². The molecule has 0 aliphatic carbocycles. The van der Waals surface area contributed by atoms with Crippen molar-refractivity contribution in [3.05, 3.63) is 35.4 Å². The summed E-state index contributed by atoms with van der Waals surface area (Å²) in [7, 11) is 0. The molecule has 0 fully saturated rings. The number of nitrogens with one attached hydrogen (secondary N) is 1. The summed E-state index contributed by atoms with van der Waals surface area (Å²) in [6, 6.07) is 7.57. The van der Waals surface area contributed by atoms with Gasteiger partial charge in [-0.15, -0.1) is 0 Å². The third-order valence-electron chi connectivity index (χ3n) is 1.73. The second-order valence-electron chi connectivity index (χ2n) is 2.67. The Labute approximate surface area is 78.1 Å². The molecule has 13 heavy (non-hydrogen) atoms. The van der Waals surface area contributed by atoms with E-state index in [-0.39, 0.29) is 11.4 Å². The number of benzene rings is 1. The van der Waals surface area contributed by atoms with Crippen LogP contribution >= 0.6 is 0 Å². The topological polar surface area (TPSA) is 60.6 Å². The molecule has 72 valence electrons. The fraction of sp³-hybridized carbons (Fsp3) is 0.300. The first-order valence-corrected chi connectivity index (χ1v) is 4.09. The van der Waals surface area contributed by atoms with Crippen LogP contribution in [0, 0.1) is 6.92 Å². The number of aryl methyl sites for hydroxylation is 1.